The molecule has 0 spiro atoms. The molecule has 4 nitrogen and oxygen atoms in total. The summed E-state index contributed by atoms with van der Waals surface area (Å²) in [5.41, 5.74) is 3.27. The zero-order valence-electron chi connectivity index (χ0n) is 15.1. The quantitative estimate of drug-likeness (QED) is 0.587. The maximum Gasteiger partial charge on any atom is 0.297 e. The third-order valence-corrected chi connectivity index (χ3v) is 5.57. The predicted octanol–water partition coefficient (Wildman–Crippen LogP) is 5.57. The normalized spacial score (nSPS) is 15.4. The molecule has 1 saturated carbocycles. The molecule has 3 aromatic rings. The van der Waals surface area contributed by atoms with Crippen LogP contribution in [0, 0.1) is 18.7 Å². The summed E-state index contributed by atoms with van der Waals surface area (Å²) < 4.78 is 22.0. The molecule has 1 aliphatic rings. The van der Waals surface area contributed by atoms with Gasteiger partial charge in [-0.25, -0.2) is 4.39 Å². The molecule has 1 atom stereocenters. The highest BCUT2D eigenvalue weighted by atomic mass is 35.5. The molecule has 4 rings (SSSR count). The van der Waals surface area contributed by atoms with Gasteiger partial charge < -0.3 is 4.74 Å². The molecule has 0 bridgehead atoms. The van der Waals surface area contributed by atoms with E-state index in [1.807, 2.05) is 6.07 Å². The number of hydrogen-bond acceptors (Lipinski definition) is 3. The lowest BCUT2D eigenvalue weighted by Crippen LogP contribution is -2.11. The third kappa shape index (κ3) is 2.65. The Balaban J connectivity index is 1.96. The first-order chi connectivity index (χ1) is 12.6. The molecule has 1 aliphatic carbocycles. The van der Waals surface area contributed by atoms with Crippen molar-refractivity contribution in [2.24, 2.45) is 5.92 Å². The van der Waals surface area contributed by atoms with Gasteiger partial charge in [0.1, 0.15) is 11.3 Å². The monoisotopic (exact) mass is 373 g/mol. The summed E-state index contributed by atoms with van der Waals surface area (Å²) in [5, 5.41) is 0.0766. The molecule has 1 fully saturated rings. The van der Waals surface area contributed by atoms with E-state index >= 15 is 0 Å². The lowest BCUT2D eigenvalue weighted by atomic mass is 10.1. The van der Waals surface area contributed by atoms with Gasteiger partial charge in [-0.1, -0.05) is 30.7 Å². The van der Waals surface area contributed by atoms with Gasteiger partial charge in [-0.2, -0.15) is 4.98 Å². The van der Waals surface area contributed by atoms with Crippen LogP contribution in [-0.4, -0.2) is 21.6 Å². The molecule has 0 amide bonds. The first-order valence-corrected chi connectivity index (χ1v) is 9.30. The Hall–Kier alpha value is -2.14. The maximum atomic E-state index is 14.3. The van der Waals surface area contributed by atoms with Crippen LogP contribution in [0.5, 0.6) is 6.01 Å². The van der Waals surface area contributed by atoms with Crippen molar-refractivity contribution in [3.05, 3.63) is 40.8 Å². The molecular weight excluding hydrogens is 353 g/mol. The highest BCUT2D eigenvalue weighted by Crippen LogP contribution is 2.45. The summed E-state index contributed by atoms with van der Waals surface area (Å²) >= 11 is 6.28. The van der Waals surface area contributed by atoms with Crippen molar-refractivity contribution in [2.75, 3.05) is 7.11 Å². The topological polar surface area (TPSA) is 39.9 Å². The Bertz CT molecular complexity index is 981. The minimum Gasteiger partial charge on any atom is -0.468 e. The Morgan fingerprint density at radius 3 is 2.77 bits per heavy atom. The number of aryl methyl sites for hydroxylation is 1. The van der Waals surface area contributed by atoms with E-state index in [4.69, 9.17) is 16.3 Å². The van der Waals surface area contributed by atoms with Crippen LogP contribution in [0.25, 0.3) is 22.3 Å². The summed E-state index contributed by atoms with van der Waals surface area (Å²) in [5.74, 6) is 0.238. The highest BCUT2D eigenvalue weighted by molar-refractivity contribution is 6.33. The van der Waals surface area contributed by atoms with Crippen LogP contribution in [-0.2, 0) is 0 Å². The molecule has 1 aromatic carbocycles. The molecule has 0 N–H and O–H groups in total. The Morgan fingerprint density at radius 2 is 2.12 bits per heavy atom. The molecule has 0 radical (unpaired) electrons. The number of nitrogens with zero attached hydrogens (tertiary/aromatic N) is 3. The Morgan fingerprint density at radius 1 is 1.35 bits per heavy atom. The largest absolute Gasteiger partial charge is 0.468 e. The van der Waals surface area contributed by atoms with E-state index in [-0.39, 0.29) is 5.02 Å². The summed E-state index contributed by atoms with van der Waals surface area (Å²) in [4.78, 5) is 9.14. The molecular formula is C20H21ClFN3O. The van der Waals surface area contributed by atoms with Gasteiger partial charge in [0.2, 0.25) is 0 Å². The fraction of sp³-hybridized carbons (Fsp3) is 0.400. The fourth-order valence-electron chi connectivity index (χ4n) is 3.70. The van der Waals surface area contributed by atoms with E-state index in [1.54, 1.807) is 32.4 Å². The van der Waals surface area contributed by atoms with Gasteiger partial charge >= 0.3 is 0 Å². The molecule has 1 unspecified atom stereocenters. The number of fused-ring (bicyclic) bond motifs is 1. The number of ether oxygens (including phenoxy) is 1. The number of methoxy groups -OCH3 is 1. The number of rotatable bonds is 5. The van der Waals surface area contributed by atoms with Crippen LogP contribution in [0.15, 0.2) is 24.4 Å². The molecule has 2 heterocycles. The second kappa shape index (κ2) is 6.54. The second-order valence-electron chi connectivity index (χ2n) is 6.87. The predicted molar refractivity (Wildman–Crippen MR) is 101 cm³/mol. The minimum absolute atomic E-state index is 0.0766. The van der Waals surface area contributed by atoms with Crippen LogP contribution in [0.3, 0.4) is 0 Å². The zero-order chi connectivity index (χ0) is 18.4. The molecule has 0 aliphatic heterocycles. The number of pyridine rings is 1. The second-order valence-corrected chi connectivity index (χ2v) is 7.24. The van der Waals surface area contributed by atoms with E-state index in [2.05, 4.69) is 21.5 Å². The first-order valence-electron chi connectivity index (χ1n) is 8.92. The highest BCUT2D eigenvalue weighted by Gasteiger charge is 2.34. The maximum absolute atomic E-state index is 14.3. The lowest BCUT2D eigenvalue weighted by Gasteiger charge is -2.19. The van der Waals surface area contributed by atoms with Crippen molar-refractivity contribution >= 4 is 22.6 Å². The average Bonchev–Trinajstić information content (AvgIpc) is 3.41. The molecule has 136 valence electrons. The van der Waals surface area contributed by atoms with Crippen molar-refractivity contribution < 1.29 is 9.13 Å². The van der Waals surface area contributed by atoms with Gasteiger partial charge in [0, 0.05) is 17.8 Å². The van der Waals surface area contributed by atoms with Gasteiger partial charge in [0.15, 0.2) is 0 Å². The van der Waals surface area contributed by atoms with Crippen LogP contribution in [0.2, 0.25) is 5.02 Å². The first kappa shape index (κ1) is 17.3. The Labute approximate surface area is 157 Å². The number of imidazole rings is 1. The standard InChI is InChI=1S/C20H21ClFN3O/c1-4-14(12-6-7-12)25-15-9-10-23-18(19(15)24-20(25)26-3)13-8-5-11(2)17(22)16(13)21/h5,8-10,12,14H,4,6-7H2,1-3H3. The molecule has 2 aromatic heterocycles. The molecule has 26 heavy (non-hydrogen) atoms. The SMILES string of the molecule is CCC(C1CC1)n1c(OC)nc2c(-c3ccc(C)c(F)c3Cl)nccc21. The van der Waals surface area contributed by atoms with Gasteiger partial charge in [-0.05, 0) is 43.7 Å². The van der Waals surface area contributed by atoms with Crippen LogP contribution >= 0.6 is 11.6 Å². The van der Waals surface area contributed by atoms with E-state index in [1.165, 1.54) is 12.8 Å². The van der Waals surface area contributed by atoms with E-state index < -0.39 is 5.82 Å². The zero-order valence-corrected chi connectivity index (χ0v) is 15.8. The molecule has 6 heteroatoms. The minimum atomic E-state index is -0.418. The fourth-order valence-corrected chi connectivity index (χ4v) is 4.00. The van der Waals surface area contributed by atoms with Crippen molar-refractivity contribution in [1.82, 2.24) is 14.5 Å². The summed E-state index contributed by atoms with van der Waals surface area (Å²) in [6.45, 7) is 3.88. The Kier molecular flexibility index (Phi) is 4.35. The van der Waals surface area contributed by atoms with Crippen LogP contribution < -0.4 is 4.74 Å². The number of benzene rings is 1. The van der Waals surface area contributed by atoms with Gasteiger partial charge in [-0.3, -0.25) is 9.55 Å². The lowest BCUT2D eigenvalue weighted by molar-refractivity contribution is 0.323. The number of hydrogen-bond donors (Lipinski definition) is 0. The summed E-state index contributed by atoms with van der Waals surface area (Å²) in [6.07, 6.45) is 5.19. The van der Waals surface area contributed by atoms with Crippen LogP contribution in [0.1, 0.15) is 37.8 Å². The van der Waals surface area contributed by atoms with Gasteiger partial charge in [0.25, 0.3) is 6.01 Å². The van der Waals surface area contributed by atoms with Gasteiger partial charge in [-0.15, -0.1) is 0 Å². The van der Waals surface area contributed by atoms with Crippen molar-refractivity contribution in [2.45, 2.75) is 39.2 Å². The number of aromatic nitrogens is 3. The van der Waals surface area contributed by atoms with Gasteiger partial charge in [0.05, 0.1) is 23.3 Å². The van der Waals surface area contributed by atoms with Crippen LogP contribution in [0.4, 0.5) is 4.39 Å². The van der Waals surface area contributed by atoms with Crippen molar-refractivity contribution in [3.8, 4) is 17.3 Å². The molecule has 0 saturated heterocycles. The summed E-state index contributed by atoms with van der Waals surface area (Å²) in [6, 6.07) is 6.36. The van der Waals surface area contributed by atoms with Crippen molar-refractivity contribution in [1.29, 1.82) is 0 Å². The van der Waals surface area contributed by atoms with E-state index in [0.717, 1.165) is 11.9 Å². The summed E-state index contributed by atoms with van der Waals surface area (Å²) in [7, 11) is 1.63. The van der Waals surface area contributed by atoms with Crippen molar-refractivity contribution in [3.63, 3.8) is 0 Å². The third-order valence-electron chi connectivity index (χ3n) is 5.21. The number of halogens is 2. The smallest absolute Gasteiger partial charge is 0.297 e. The van der Waals surface area contributed by atoms with E-state index in [9.17, 15) is 4.39 Å². The van der Waals surface area contributed by atoms with E-state index in [0.29, 0.717) is 40.3 Å². The average molecular weight is 374 g/mol.